The number of carbonyl (C=O) groups is 1. The second-order valence-electron chi connectivity index (χ2n) is 7.07. The molecular formula is C23H18FNO3. The van der Waals surface area contributed by atoms with Crippen molar-refractivity contribution in [3.8, 4) is 11.5 Å². The minimum atomic E-state index is -1.03. The van der Waals surface area contributed by atoms with Crippen LogP contribution in [0.2, 0.25) is 0 Å². The molecule has 5 rings (SSSR count). The number of hydrogen-bond acceptors (Lipinski definition) is 3. The fraction of sp³-hybridized carbons (Fsp3) is 0.174. The topological polar surface area (TPSA) is 38.8 Å². The molecule has 0 fully saturated rings. The second kappa shape index (κ2) is 6.09. The number of nitrogens with zero attached hydrogens (tertiary/aromatic N) is 1. The molecule has 1 amide bonds. The molecule has 1 unspecified atom stereocenters. The van der Waals surface area contributed by atoms with E-state index in [2.05, 4.69) is 0 Å². The van der Waals surface area contributed by atoms with E-state index < -0.39 is 11.2 Å². The van der Waals surface area contributed by atoms with Gasteiger partial charge in [-0.15, -0.1) is 0 Å². The van der Waals surface area contributed by atoms with Crippen LogP contribution >= 0.6 is 0 Å². The molecule has 0 saturated carbocycles. The van der Waals surface area contributed by atoms with Crippen LogP contribution in [0, 0.1) is 5.82 Å². The van der Waals surface area contributed by atoms with Crippen molar-refractivity contribution in [2.75, 3.05) is 18.6 Å². The first-order chi connectivity index (χ1) is 13.6. The van der Waals surface area contributed by atoms with Crippen molar-refractivity contribution < 1.29 is 18.7 Å². The minimum absolute atomic E-state index is 0.0964. The molecule has 1 spiro atoms. The third-order valence-corrected chi connectivity index (χ3v) is 5.61. The highest BCUT2D eigenvalue weighted by Gasteiger charge is 2.57. The van der Waals surface area contributed by atoms with Gasteiger partial charge in [-0.1, -0.05) is 48.5 Å². The van der Waals surface area contributed by atoms with Crippen molar-refractivity contribution in [1.29, 1.82) is 0 Å². The van der Waals surface area contributed by atoms with Gasteiger partial charge in [0.15, 0.2) is 11.6 Å². The molecule has 0 aliphatic carbocycles. The standard InChI is InChI=1S/C23H18FNO3/c1-27-21-12-20-17(11-18(21)24)23(14-28-20)16-9-5-6-10-19(16)25(22(23)26)13-15-7-3-2-4-8-15/h2-12H,13-14H2,1H3. The van der Waals surface area contributed by atoms with Crippen LogP contribution in [0.15, 0.2) is 66.7 Å². The average Bonchev–Trinajstić information content (AvgIpc) is 3.21. The Hall–Kier alpha value is -3.34. The Bertz CT molecular complexity index is 1080. The predicted octanol–water partition coefficient (Wildman–Crippen LogP) is 4.06. The van der Waals surface area contributed by atoms with Gasteiger partial charge in [0.1, 0.15) is 17.8 Å². The first-order valence-electron chi connectivity index (χ1n) is 9.11. The third-order valence-electron chi connectivity index (χ3n) is 5.61. The molecule has 0 aromatic heterocycles. The number of amides is 1. The van der Waals surface area contributed by atoms with Gasteiger partial charge in [0, 0.05) is 17.3 Å². The quantitative estimate of drug-likeness (QED) is 0.693. The highest BCUT2D eigenvalue weighted by atomic mass is 19.1. The number of methoxy groups -OCH3 is 1. The van der Waals surface area contributed by atoms with Gasteiger partial charge < -0.3 is 14.4 Å². The van der Waals surface area contributed by atoms with E-state index in [1.807, 2.05) is 54.6 Å². The summed E-state index contributed by atoms with van der Waals surface area (Å²) < 4.78 is 25.5. The summed E-state index contributed by atoms with van der Waals surface area (Å²) in [5.41, 5.74) is 2.23. The third kappa shape index (κ3) is 2.19. The molecule has 2 heterocycles. The number of carbonyl (C=O) groups excluding carboxylic acids is 1. The normalized spacial score (nSPS) is 19.5. The fourth-order valence-electron chi connectivity index (χ4n) is 4.26. The molecule has 3 aromatic carbocycles. The molecule has 4 nitrogen and oxygen atoms in total. The number of para-hydroxylation sites is 1. The van der Waals surface area contributed by atoms with Gasteiger partial charge in [0.25, 0.3) is 0 Å². The predicted molar refractivity (Wildman–Crippen MR) is 103 cm³/mol. The first kappa shape index (κ1) is 16.8. The molecule has 2 aliphatic rings. The van der Waals surface area contributed by atoms with E-state index in [1.165, 1.54) is 19.2 Å². The lowest BCUT2D eigenvalue weighted by atomic mass is 9.77. The zero-order valence-electron chi connectivity index (χ0n) is 15.3. The van der Waals surface area contributed by atoms with Crippen molar-refractivity contribution >= 4 is 11.6 Å². The monoisotopic (exact) mass is 375 g/mol. The Kier molecular flexibility index (Phi) is 3.66. The van der Waals surface area contributed by atoms with Gasteiger partial charge in [0.05, 0.1) is 13.7 Å². The molecule has 2 aliphatic heterocycles. The van der Waals surface area contributed by atoms with E-state index >= 15 is 0 Å². The average molecular weight is 375 g/mol. The lowest BCUT2D eigenvalue weighted by Crippen LogP contribution is -2.42. The molecule has 0 N–H and O–H groups in total. The molecule has 5 heteroatoms. The van der Waals surface area contributed by atoms with Crippen LogP contribution < -0.4 is 14.4 Å². The minimum Gasteiger partial charge on any atom is -0.494 e. The van der Waals surface area contributed by atoms with Crippen LogP contribution in [0.1, 0.15) is 16.7 Å². The summed E-state index contributed by atoms with van der Waals surface area (Å²) in [6.45, 7) is 0.600. The van der Waals surface area contributed by atoms with Crippen LogP contribution in [0.3, 0.4) is 0 Å². The Morgan fingerprint density at radius 2 is 1.82 bits per heavy atom. The smallest absolute Gasteiger partial charge is 0.246 e. The maximum absolute atomic E-state index is 14.5. The fourth-order valence-corrected chi connectivity index (χ4v) is 4.26. The second-order valence-corrected chi connectivity index (χ2v) is 7.07. The van der Waals surface area contributed by atoms with Crippen LogP contribution in [0.4, 0.5) is 10.1 Å². The van der Waals surface area contributed by atoms with Gasteiger partial charge >= 0.3 is 0 Å². The summed E-state index contributed by atoms with van der Waals surface area (Å²) in [5.74, 6) is -0.00239. The SMILES string of the molecule is COc1cc2c(cc1F)C1(CO2)C(=O)N(Cc2ccccc2)c2ccccc21. The number of benzene rings is 3. The summed E-state index contributed by atoms with van der Waals surface area (Å²) >= 11 is 0. The summed E-state index contributed by atoms with van der Waals surface area (Å²) in [5, 5.41) is 0. The van der Waals surface area contributed by atoms with Crippen molar-refractivity contribution in [2.24, 2.45) is 0 Å². The number of fused-ring (bicyclic) bond motifs is 4. The Morgan fingerprint density at radius 3 is 2.61 bits per heavy atom. The Morgan fingerprint density at radius 1 is 1.07 bits per heavy atom. The summed E-state index contributed by atoms with van der Waals surface area (Å²) in [4.78, 5) is 15.5. The maximum atomic E-state index is 14.5. The molecule has 0 bridgehead atoms. The van der Waals surface area contributed by atoms with Gasteiger partial charge in [-0.2, -0.15) is 0 Å². The van der Waals surface area contributed by atoms with E-state index in [-0.39, 0.29) is 18.3 Å². The molecule has 28 heavy (non-hydrogen) atoms. The van der Waals surface area contributed by atoms with Crippen LogP contribution in [0.5, 0.6) is 11.5 Å². The zero-order valence-corrected chi connectivity index (χ0v) is 15.3. The summed E-state index contributed by atoms with van der Waals surface area (Å²) in [7, 11) is 1.41. The van der Waals surface area contributed by atoms with E-state index in [4.69, 9.17) is 9.47 Å². The molecular weight excluding hydrogens is 357 g/mol. The summed E-state index contributed by atoms with van der Waals surface area (Å²) in [6, 6.07) is 20.4. The number of hydrogen-bond donors (Lipinski definition) is 0. The maximum Gasteiger partial charge on any atom is 0.246 e. The van der Waals surface area contributed by atoms with Gasteiger partial charge in [-0.05, 0) is 23.3 Å². The van der Waals surface area contributed by atoms with Gasteiger partial charge in [-0.25, -0.2) is 4.39 Å². The number of ether oxygens (including phenoxy) is 2. The molecule has 140 valence electrons. The van der Waals surface area contributed by atoms with Gasteiger partial charge in [0.2, 0.25) is 5.91 Å². The van der Waals surface area contributed by atoms with Crippen molar-refractivity contribution in [2.45, 2.75) is 12.0 Å². The molecule has 1 atom stereocenters. The lowest BCUT2D eigenvalue weighted by molar-refractivity contribution is -0.122. The number of anilines is 1. The number of halogens is 1. The molecule has 3 aromatic rings. The van der Waals surface area contributed by atoms with Crippen molar-refractivity contribution in [3.05, 3.63) is 89.2 Å². The molecule has 0 saturated heterocycles. The highest BCUT2D eigenvalue weighted by molar-refractivity contribution is 6.11. The molecule has 0 radical (unpaired) electrons. The van der Waals surface area contributed by atoms with E-state index in [0.29, 0.717) is 17.9 Å². The summed E-state index contributed by atoms with van der Waals surface area (Å²) in [6.07, 6.45) is 0. The van der Waals surface area contributed by atoms with Crippen LogP contribution in [-0.4, -0.2) is 19.6 Å². The Labute approximate surface area is 162 Å². The lowest BCUT2D eigenvalue weighted by Gasteiger charge is -2.23. The van der Waals surface area contributed by atoms with E-state index in [1.54, 1.807) is 4.90 Å². The van der Waals surface area contributed by atoms with Crippen molar-refractivity contribution in [3.63, 3.8) is 0 Å². The first-order valence-corrected chi connectivity index (χ1v) is 9.11. The number of rotatable bonds is 3. The van der Waals surface area contributed by atoms with E-state index in [0.717, 1.165) is 16.8 Å². The highest BCUT2D eigenvalue weighted by Crippen LogP contribution is 2.53. The van der Waals surface area contributed by atoms with Crippen molar-refractivity contribution in [1.82, 2.24) is 0 Å². The van der Waals surface area contributed by atoms with Gasteiger partial charge in [-0.3, -0.25) is 4.79 Å². The largest absolute Gasteiger partial charge is 0.494 e. The van der Waals surface area contributed by atoms with E-state index in [9.17, 15) is 9.18 Å². The zero-order chi connectivity index (χ0) is 19.3. The van der Waals surface area contributed by atoms with Crippen LogP contribution in [0.25, 0.3) is 0 Å². The Balaban J connectivity index is 1.67. The van der Waals surface area contributed by atoms with Crippen LogP contribution in [-0.2, 0) is 16.8 Å².